The van der Waals surface area contributed by atoms with E-state index in [1.807, 2.05) is 42.5 Å². The summed E-state index contributed by atoms with van der Waals surface area (Å²) in [6, 6.07) is 16.1. The van der Waals surface area contributed by atoms with E-state index in [0.717, 1.165) is 54.6 Å². The summed E-state index contributed by atoms with van der Waals surface area (Å²) in [7, 11) is 5.12. The first-order valence-electron chi connectivity index (χ1n) is 10.1. The zero-order chi connectivity index (χ0) is 21.3. The Morgan fingerprint density at radius 1 is 1.13 bits per heavy atom. The van der Waals surface area contributed by atoms with Crippen LogP contribution in [-0.2, 0) is 6.54 Å². The van der Waals surface area contributed by atoms with Gasteiger partial charge in [0.2, 0.25) is 0 Å². The molecule has 1 aliphatic rings. The molecule has 1 saturated heterocycles. The highest BCUT2D eigenvalue weighted by Gasteiger charge is 2.21. The van der Waals surface area contributed by atoms with Gasteiger partial charge < -0.3 is 25.0 Å². The number of nitrogens with one attached hydrogen (secondary N) is 2. The van der Waals surface area contributed by atoms with Crippen LogP contribution in [0.4, 0.5) is 5.69 Å². The zero-order valence-corrected chi connectivity index (χ0v) is 17.8. The third-order valence-electron chi connectivity index (χ3n) is 5.28. The van der Waals surface area contributed by atoms with E-state index >= 15 is 0 Å². The van der Waals surface area contributed by atoms with Crippen molar-refractivity contribution in [1.82, 2.24) is 10.6 Å². The van der Waals surface area contributed by atoms with Gasteiger partial charge in [-0.2, -0.15) is 5.26 Å². The molecule has 0 bridgehead atoms. The maximum absolute atomic E-state index is 9.04. The second-order valence-corrected chi connectivity index (χ2v) is 7.21. The summed E-state index contributed by atoms with van der Waals surface area (Å²) in [5.41, 5.74) is 2.84. The van der Waals surface area contributed by atoms with Gasteiger partial charge in [0.25, 0.3) is 0 Å². The van der Waals surface area contributed by atoms with Crippen LogP contribution in [0.5, 0.6) is 11.5 Å². The molecule has 0 aromatic heterocycles. The lowest BCUT2D eigenvalue weighted by atomic mass is 10.0. The molecule has 0 aliphatic carbocycles. The SMILES string of the molecule is CN=C(NCc1cccc(C#N)c1)NC1CCN(c2cc(OC)cc(OC)c2)CC1. The summed E-state index contributed by atoms with van der Waals surface area (Å²) in [4.78, 5) is 6.70. The molecular weight excluding hydrogens is 378 g/mol. The summed E-state index contributed by atoms with van der Waals surface area (Å²) < 4.78 is 10.8. The van der Waals surface area contributed by atoms with E-state index in [4.69, 9.17) is 14.7 Å². The number of nitrogens with zero attached hydrogens (tertiary/aromatic N) is 3. The minimum absolute atomic E-state index is 0.352. The summed E-state index contributed by atoms with van der Waals surface area (Å²) in [6.07, 6.45) is 2.01. The number of ether oxygens (including phenoxy) is 2. The van der Waals surface area contributed by atoms with Crippen molar-refractivity contribution in [3.05, 3.63) is 53.6 Å². The number of methoxy groups -OCH3 is 2. The molecule has 1 heterocycles. The fraction of sp³-hybridized carbons (Fsp3) is 0.391. The van der Waals surface area contributed by atoms with Gasteiger partial charge in [0.1, 0.15) is 11.5 Å². The molecular formula is C23H29N5O2. The van der Waals surface area contributed by atoms with Crippen LogP contribution in [0, 0.1) is 11.3 Å². The molecule has 0 amide bonds. The monoisotopic (exact) mass is 407 g/mol. The molecule has 0 atom stereocenters. The minimum Gasteiger partial charge on any atom is -0.497 e. The van der Waals surface area contributed by atoms with Gasteiger partial charge in [-0.15, -0.1) is 0 Å². The number of piperidine rings is 1. The van der Waals surface area contributed by atoms with Gasteiger partial charge in [0.15, 0.2) is 5.96 Å². The molecule has 2 aromatic rings. The molecule has 158 valence electrons. The topological polar surface area (TPSA) is 81.9 Å². The number of rotatable bonds is 6. The smallest absolute Gasteiger partial charge is 0.191 e. The Labute approximate surface area is 178 Å². The molecule has 0 radical (unpaired) electrons. The first kappa shape index (κ1) is 21.3. The summed E-state index contributed by atoms with van der Waals surface area (Å²) in [6.45, 7) is 2.50. The Kier molecular flexibility index (Phi) is 7.39. The van der Waals surface area contributed by atoms with Crippen LogP contribution in [0.2, 0.25) is 0 Å². The quantitative estimate of drug-likeness (QED) is 0.566. The lowest BCUT2D eigenvalue weighted by Crippen LogP contribution is -2.48. The molecule has 1 fully saturated rings. The highest BCUT2D eigenvalue weighted by Crippen LogP contribution is 2.30. The maximum Gasteiger partial charge on any atom is 0.191 e. The Morgan fingerprint density at radius 2 is 1.83 bits per heavy atom. The second-order valence-electron chi connectivity index (χ2n) is 7.21. The first-order valence-corrected chi connectivity index (χ1v) is 10.1. The van der Waals surface area contributed by atoms with E-state index in [-0.39, 0.29) is 0 Å². The Hall–Kier alpha value is -3.40. The highest BCUT2D eigenvalue weighted by atomic mass is 16.5. The molecule has 7 heteroatoms. The average Bonchev–Trinajstić information content (AvgIpc) is 2.81. The number of anilines is 1. The molecule has 1 aliphatic heterocycles. The van der Waals surface area contributed by atoms with Crippen LogP contribution in [0.15, 0.2) is 47.5 Å². The number of guanidine groups is 1. The molecule has 2 N–H and O–H groups in total. The fourth-order valence-corrected chi connectivity index (χ4v) is 3.58. The van der Waals surface area contributed by atoms with E-state index in [9.17, 15) is 0 Å². The second kappa shape index (κ2) is 10.4. The van der Waals surface area contributed by atoms with Gasteiger partial charge in [0, 0.05) is 56.6 Å². The molecule has 0 unspecified atom stereocenters. The molecule has 7 nitrogen and oxygen atoms in total. The minimum atomic E-state index is 0.352. The number of benzene rings is 2. The first-order chi connectivity index (χ1) is 14.6. The van der Waals surface area contributed by atoms with Crippen LogP contribution in [0.25, 0.3) is 0 Å². The van der Waals surface area contributed by atoms with Crippen LogP contribution < -0.4 is 25.0 Å². The predicted molar refractivity (Wildman–Crippen MR) is 119 cm³/mol. The number of hydrogen-bond acceptors (Lipinski definition) is 5. The van der Waals surface area contributed by atoms with Gasteiger partial charge in [-0.1, -0.05) is 12.1 Å². The standard InChI is InChI=1S/C23H29N5O2/c1-25-23(26-16-18-6-4-5-17(11-18)15-24)27-19-7-9-28(10-8-19)20-12-21(29-2)14-22(13-20)30-3/h4-6,11-14,19H,7-10,16H2,1-3H3,(H2,25,26,27). The van der Waals surface area contributed by atoms with E-state index in [0.29, 0.717) is 18.2 Å². The van der Waals surface area contributed by atoms with Crippen LogP contribution >= 0.6 is 0 Å². The van der Waals surface area contributed by atoms with E-state index in [1.54, 1.807) is 21.3 Å². The van der Waals surface area contributed by atoms with Gasteiger partial charge in [-0.05, 0) is 30.5 Å². The van der Waals surface area contributed by atoms with Crippen molar-refractivity contribution in [3.63, 3.8) is 0 Å². The third kappa shape index (κ3) is 5.57. The third-order valence-corrected chi connectivity index (χ3v) is 5.28. The number of hydrogen-bond donors (Lipinski definition) is 2. The van der Waals surface area contributed by atoms with E-state index < -0.39 is 0 Å². The predicted octanol–water partition coefficient (Wildman–Crippen LogP) is 2.91. The molecule has 0 spiro atoms. The fourth-order valence-electron chi connectivity index (χ4n) is 3.58. The van der Waals surface area contributed by atoms with Crippen molar-refractivity contribution >= 4 is 11.6 Å². The van der Waals surface area contributed by atoms with Crippen molar-refractivity contribution in [3.8, 4) is 17.6 Å². The largest absolute Gasteiger partial charge is 0.497 e. The zero-order valence-electron chi connectivity index (χ0n) is 17.8. The van der Waals surface area contributed by atoms with Crippen molar-refractivity contribution in [2.24, 2.45) is 4.99 Å². The summed E-state index contributed by atoms with van der Waals surface area (Å²) in [5, 5.41) is 15.9. The Morgan fingerprint density at radius 3 is 2.43 bits per heavy atom. The van der Waals surface area contributed by atoms with Crippen LogP contribution in [0.3, 0.4) is 0 Å². The average molecular weight is 408 g/mol. The van der Waals surface area contributed by atoms with Gasteiger partial charge in [0.05, 0.1) is 25.9 Å². The molecule has 3 rings (SSSR count). The molecule has 2 aromatic carbocycles. The normalized spacial score (nSPS) is 14.7. The van der Waals surface area contributed by atoms with Crippen molar-refractivity contribution in [2.75, 3.05) is 39.3 Å². The summed E-state index contributed by atoms with van der Waals surface area (Å²) in [5.74, 6) is 2.38. The lowest BCUT2D eigenvalue weighted by Gasteiger charge is -2.34. The van der Waals surface area contributed by atoms with Crippen molar-refractivity contribution in [2.45, 2.75) is 25.4 Å². The molecule has 0 saturated carbocycles. The number of nitriles is 1. The van der Waals surface area contributed by atoms with Crippen LogP contribution in [-0.4, -0.2) is 46.4 Å². The lowest BCUT2D eigenvalue weighted by molar-refractivity contribution is 0.393. The maximum atomic E-state index is 9.04. The van der Waals surface area contributed by atoms with Gasteiger partial charge in [-0.25, -0.2) is 0 Å². The highest BCUT2D eigenvalue weighted by molar-refractivity contribution is 5.80. The molecule has 30 heavy (non-hydrogen) atoms. The van der Waals surface area contributed by atoms with Gasteiger partial charge in [-0.3, -0.25) is 4.99 Å². The number of aliphatic imine (C=N–C) groups is 1. The van der Waals surface area contributed by atoms with Gasteiger partial charge >= 0.3 is 0 Å². The Balaban J connectivity index is 1.52. The summed E-state index contributed by atoms with van der Waals surface area (Å²) >= 11 is 0. The van der Waals surface area contributed by atoms with Crippen molar-refractivity contribution < 1.29 is 9.47 Å². The van der Waals surface area contributed by atoms with Crippen molar-refractivity contribution in [1.29, 1.82) is 5.26 Å². The van der Waals surface area contributed by atoms with Crippen LogP contribution in [0.1, 0.15) is 24.0 Å². The Bertz CT molecular complexity index is 892. The van der Waals surface area contributed by atoms with E-state index in [2.05, 4.69) is 26.6 Å². The van der Waals surface area contributed by atoms with E-state index in [1.165, 1.54) is 0 Å².